The standard InChI is InChI=1S/C16H15N5O2S/c1-11(22)23-15-8-7-14(9-12(15)10-18-21-16(17)24)20-19-13-5-3-2-4-6-13/h2-10H,1H3,(H3,17,21,24). The number of benzene rings is 2. The Bertz CT molecular complexity index is 790. The lowest BCUT2D eigenvalue weighted by atomic mass is 10.2. The number of hydrogen-bond acceptors (Lipinski definition) is 6. The number of esters is 1. The van der Waals surface area contributed by atoms with Gasteiger partial charge in [-0.2, -0.15) is 15.3 Å². The van der Waals surface area contributed by atoms with E-state index in [1.54, 1.807) is 18.2 Å². The molecule has 0 aliphatic carbocycles. The van der Waals surface area contributed by atoms with Crippen molar-refractivity contribution in [2.24, 2.45) is 21.1 Å². The van der Waals surface area contributed by atoms with Gasteiger partial charge in [0.1, 0.15) is 5.75 Å². The van der Waals surface area contributed by atoms with E-state index in [9.17, 15) is 4.79 Å². The largest absolute Gasteiger partial charge is 0.426 e. The smallest absolute Gasteiger partial charge is 0.308 e. The summed E-state index contributed by atoms with van der Waals surface area (Å²) in [7, 11) is 0. The van der Waals surface area contributed by atoms with Gasteiger partial charge in [0, 0.05) is 12.5 Å². The van der Waals surface area contributed by atoms with Gasteiger partial charge in [-0.15, -0.1) is 0 Å². The van der Waals surface area contributed by atoms with Gasteiger partial charge in [-0.3, -0.25) is 10.2 Å². The zero-order chi connectivity index (χ0) is 17.4. The number of nitrogens with two attached hydrogens (primary N) is 1. The summed E-state index contributed by atoms with van der Waals surface area (Å²) >= 11 is 4.67. The fourth-order valence-electron chi connectivity index (χ4n) is 1.72. The Morgan fingerprint density at radius 1 is 1.17 bits per heavy atom. The van der Waals surface area contributed by atoms with E-state index in [0.717, 1.165) is 5.69 Å². The van der Waals surface area contributed by atoms with E-state index in [0.29, 0.717) is 17.0 Å². The monoisotopic (exact) mass is 341 g/mol. The number of nitrogens with zero attached hydrogens (tertiary/aromatic N) is 3. The molecule has 7 nitrogen and oxygen atoms in total. The van der Waals surface area contributed by atoms with Gasteiger partial charge in [0.15, 0.2) is 5.11 Å². The molecule has 0 unspecified atom stereocenters. The van der Waals surface area contributed by atoms with Gasteiger partial charge in [-0.25, -0.2) is 0 Å². The molecule has 0 radical (unpaired) electrons. The summed E-state index contributed by atoms with van der Waals surface area (Å²) in [4.78, 5) is 11.2. The number of carbonyl (C=O) groups excluding carboxylic acids is 1. The van der Waals surface area contributed by atoms with Crippen molar-refractivity contribution in [3.63, 3.8) is 0 Å². The average molecular weight is 341 g/mol. The molecular formula is C16H15N5O2S. The molecule has 0 spiro atoms. The third-order valence-electron chi connectivity index (χ3n) is 2.66. The Labute approximate surface area is 144 Å². The van der Waals surface area contributed by atoms with Crippen LogP contribution in [0.1, 0.15) is 12.5 Å². The van der Waals surface area contributed by atoms with Gasteiger partial charge in [0.2, 0.25) is 0 Å². The van der Waals surface area contributed by atoms with Crippen LogP contribution in [0.3, 0.4) is 0 Å². The Hall–Kier alpha value is -3.13. The van der Waals surface area contributed by atoms with E-state index in [4.69, 9.17) is 10.5 Å². The Morgan fingerprint density at radius 3 is 2.54 bits per heavy atom. The minimum Gasteiger partial charge on any atom is -0.426 e. The summed E-state index contributed by atoms with van der Waals surface area (Å²) in [6.45, 7) is 1.32. The molecule has 0 heterocycles. The van der Waals surface area contributed by atoms with Crippen LogP contribution >= 0.6 is 12.2 Å². The van der Waals surface area contributed by atoms with Crippen LogP contribution in [0.2, 0.25) is 0 Å². The van der Waals surface area contributed by atoms with Crippen molar-refractivity contribution in [1.82, 2.24) is 5.43 Å². The average Bonchev–Trinajstić information content (AvgIpc) is 2.55. The predicted octanol–water partition coefficient (Wildman–Crippen LogP) is 3.19. The molecular weight excluding hydrogens is 326 g/mol. The molecule has 2 aromatic carbocycles. The van der Waals surface area contributed by atoms with Crippen LogP contribution in [-0.4, -0.2) is 17.3 Å². The van der Waals surface area contributed by atoms with Gasteiger partial charge in [0.05, 0.1) is 17.6 Å². The van der Waals surface area contributed by atoms with Crippen LogP contribution in [0.5, 0.6) is 5.75 Å². The van der Waals surface area contributed by atoms with Crippen molar-refractivity contribution in [1.29, 1.82) is 0 Å². The maximum absolute atomic E-state index is 11.2. The predicted molar refractivity (Wildman–Crippen MR) is 95.9 cm³/mol. The number of ether oxygens (including phenoxy) is 1. The molecule has 0 amide bonds. The summed E-state index contributed by atoms with van der Waals surface area (Å²) in [5.41, 5.74) is 9.57. The zero-order valence-corrected chi connectivity index (χ0v) is 13.7. The van der Waals surface area contributed by atoms with E-state index in [-0.39, 0.29) is 5.11 Å². The van der Waals surface area contributed by atoms with Gasteiger partial charge in [-0.1, -0.05) is 18.2 Å². The second-order valence-corrected chi connectivity index (χ2v) is 5.03. The van der Waals surface area contributed by atoms with Gasteiger partial charge < -0.3 is 10.5 Å². The minimum atomic E-state index is -0.439. The van der Waals surface area contributed by atoms with E-state index in [2.05, 4.69) is 33.0 Å². The van der Waals surface area contributed by atoms with Crippen molar-refractivity contribution in [3.8, 4) is 5.75 Å². The topological polar surface area (TPSA) is 101 Å². The highest BCUT2D eigenvalue weighted by Crippen LogP contribution is 2.25. The van der Waals surface area contributed by atoms with E-state index in [1.807, 2.05) is 30.3 Å². The third kappa shape index (κ3) is 5.58. The highest BCUT2D eigenvalue weighted by atomic mass is 32.1. The van der Waals surface area contributed by atoms with Crippen molar-refractivity contribution in [2.45, 2.75) is 6.92 Å². The molecule has 0 saturated carbocycles. The summed E-state index contributed by atoms with van der Waals surface area (Å²) in [5.74, 6) is -0.0970. The first kappa shape index (κ1) is 17.2. The maximum Gasteiger partial charge on any atom is 0.308 e. The summed E-state index contributed by atoms with van der Waals surface area (Å²) < 4.78 is 5.13. The van der Waals surface area contributed by atoms with E-state index in [1.165, 1.54) is 13.1 Å². The lowest BCUT2D eigenvalue weighted by molar-refractivity contribution is -0.131. The van der Waals surface area contributed by atoms with Crippen LogP contribution < -0.4 is 15.9 Å². The summed E-state index contributed by atoms with van der Waals surface area (Å²) in [5, 5.41) is 12.2. The first-order valence-corrected chi connectivity index (χ1v) is 7.33. The first-order valence-electron chi connectivity index (χ1n) is 6.92. The van der Waals surface area contributed by atoms with Crippen LogP contribution in [0.15, 0.2) is 63.9 Å². The SMILES string of the molecule is CC(=O)Oc1ccc(N=Nc2ccccc2)cc1C=NNC(N)=S. The summed E-state index contributed by atoms with van der Waals surface area (Å²) in [6, 6.07) is 14.3. The van der Waals surface area contributed by atoms with Crippen LogP contribution in [0.25, 0.3) is 0 Å². The maximum atomic E-state index is 11.2. The van der Waals surface area contributed by atoms with Crippen LogP contribution in [-0.2, 0) is 4.79 Å². The number of azo groups is 1. The normalized spacial score (nSPS) is 10.9. The molecule has 0 fully saturated rings. The van der Waals surface area contributed by atoms with Gasteiger partial charge in [-0.05, 0) is 42.5 Å². The molecule has 3 N–H and O–H groups in total. The second-order valence-electron chi connectivity index (χ2n) is 4.59. The lowest BCUT2D eigenvalue weighted by Gasteiger charge is -2.06. The first-order chi connectivity index (χ1) is 11.5. The van der Waals surface area contributed by atoms with Crippen molar-refractivity contribution < 1.29 is 9.53 Å². The Balaban J connectivity index is 2.27. The molecule has 122 valence electrons. The minimum absolute atomic E-state index is 0.0280. The van der Waals surface area contributed by atoms with Crippen molar-refractivity contribution >= 4 is 40.9 Å². The molecule has 0 saturated heterocycles. The molecule has 0 atom stereocenters. The second kappa shape index (κ2) is 8.49. The molecule has 0 aromatic heterocycles. The fourth-order valence-corrected chi connectivity index (χ4v) is 1.78. The molecule has 0 aliphatic rings. The van der Waals surface area contributed by atoms with Gasteiger partial charge in [0.25, 0.3) is 0 Å². The number of hydrogen-bond donors (Lipinski definition) is 2. The number of carbonyl (C=O) groups is 1. The Kier molecular flexibility index (Phi) is 6.09. The van der Waals surface area contributed by atoms with E-state index < -0.39 is 5.97 Å². The van der Waals surface area contributed by atoms with E-state index >= 15 is 0 Å². The third-order valence-corrected chi connectivity index (χ3v) is 2.75. The van der Waals surface area contributed by atoms with Gasteiger partial charge >= 0.3 is 5.97 Å². The molecule has 0 aliphatic heterocycles. The number of rotatable bonds is 5. The number of nitrogens with one attached hydrogen (secondary N) is 1. The Morgan fingerprint density at radius 2 is 1.88 bits per heavy atom. The summed E-state index contributed by atoms with van der Waals surface area (Å²) in [6.07, 6.45) is 1.43. The fraction of sp³-hybridized carbons (Fsp3) is 0.0625. The highest BCUT2D eigenvalue weighted by molar-refractivity contribution is 7.80. The highest BCUT2D eigenvalue weighted by Gasteiger charge is 2.06. The molecule has 2 rings (SSSR count). The van der Waals surface area contributed by atoms with Crippen LogP contribution in [0, 0.1) is 0 Å². The van der Waals surface area contributed by atoms with Crippen molar-refractivity contribution in [2.75, 3.05) is 0 Å². The van der Waals surface area contributed by atoms with Crippen LogP contribution in [0.4, 0.5) is 11.4 Å². The molecule has 8 heteroatoms. The van der Waals surface area contributed by atoms with Crippen molar-refractivity contribution in [3.05, 3.63) is 54.1 Å². The molecule has 24 heavy (non-hydrogen) atoms. The quantitative estimate of drug-likeness (QED) is 0.217. The zero-order valence-electron chi connectivity index (χ0n) is 12.8. The molecule has 0 bridgehead atoms. The lowest BCUT2D eigenvalue weighted by Crippen LogP contribution is -2.24. The number of hydrazone groups is 1. The molecule has 2 aromatic rings. The number of thiocarbonyl (C=S) groups is 1.